The fourth-order valence-electron chi connectivity index (χ4n) is 3.54. The monoisotopic (exact) mass is 292 g/mol. The highest BCUT2D eigenvalue weighted by Crippen LogP contribution is 2.31. The van der Waals surface area contributed by atoms with Crippen LogP contribution in [-0.4, -0.2) is 36.2 Å². The van der Waals surface area contributed by atoms with Crippen molar-refractivity contribution in [2.24, 2.45) is 0 Å². The number of nitrogens with zero attached hydrogens (tertiary/aromatic N) is 1. The van der Waals surface area contributed by atoms with Crippen LogP contribution in [0.15, 0.2) is 10.5 Å². The van der Waals surface area contributed by atoms with Gasteiger partial charge in [0, 0.05) is 18.6 Å². The van der Waals surface area contributed by atoms with E-state index in [0.29, 0.717) is 18.2 Å². The first-order chi connectivity index (χ1) is 10.1. The molecule has 2 heterocycles. The van der Waals surface area contributed by atoms with Gasteiger partial charge in [-0.1, -0.05) is 13.8 Å². The Morgan fingerprint density at radius 1 is 1.38 bits per heavy atom. The quantitative estimate of drug-likeness (QED) is 0.905. The van der Waals surface area contributed by atoms with E-state index in [2.05, 4.69) is 37.1 Å². The normalized spacial score (nSPS) is 26.5. The molecular weight excluding hydrogens is 264 g/mol. The van der Waals surface area contributed by atoms with Crippen LogP contribution in [0, 0.1) is 6.92 Å². The number of nitrogens with one attached hydrogen (secondary N) is 1. The predicted octanol–water partition coefficient (Wildman–Crippen LogP) is 2.84. The number of hydrogen-bond donors (Lipinski definition) is 1. The molecule has 4 nitrogen and oxygen atoms in total. The summed E-state index contributed by atoms with van der Waals surface area (Å²) in [5.74, 6) is 2.18. The lowest BCUT2D eigenvalue weighted by Crippen LogP contribution is -2.47. The summed E-state index contributed by atoms with van der Waals surface area (Å²) in [6.45, 7) is 10.1. The lowest BCUT2D eigenvalue weighted by atomic mass is 10.1. The van der Waals surface area contributed by atoms with Gasteiger partial charge in [-0.15, -0.1) is 0 Å². The molecule has 0 radical (unpaired) electrons. The van der Waals surface area contributed by atoms with E-state index in [0.717, 1.165) is 37.8 Å². The van der Waals surface area contributed by atoms with Crippen molar-refractivity contribution in [1.82, 2.24) is 10.2 Å². The summed E-state index contributed by atoms with van der Waals surface area (Å²) in [6.07, 6.45) is 4.25. The number of furan rings is 1. The second-order valence-corrected chi connectivity index (χ2v) is 6.73. The molecule has 0 aromatic carbocycles. The zero-order chi connectivity index (χ0) is 14.8. The van der Waals surface area contributed by atoms with Crippen molar-refractivity contribution in [3.8, 4) is 0 Å². The predicted molar refractivity (Wildman–Crippen MR) is 83.2 cm³/mol. The van der Waals surface area contributed by atoms with Crippen molar-refractivity contribution >= 4 is 0 Å². The molecule has 1 aliphatic heterocycles. The lowest BCUT2D eigenvalue weighted by Gasteiger charge is -2.37. The summed E-state index contributed by atoms with van der Waals surface area (Å²) in [6, 6.07) is 3.29. The molecule has 1 saturated carbocycles. The first kappa shape index (κ1) is 15.1. The fourth-order valence-corrected chi connectivity index (χ4v) is 3.54. The molecule has 2 fully saturated rings. The minimum Gasteiger partial charge on any atom is -0.463 e. The van der Waals surface area contributed by atoms with Crippen molar-refractivity contribution in [3.63, 3.8) is 0 Å². The number of ether oxygens (including phenoxy) is 1. The van der Waals surface area contributed by atoms with Gasteiger partial charge in [0.05, 0.1) is 25.8 Å². The summed E-state index contributed by atoms with van der Waals surface area (Å²) < 4.78 is 12.0. The summed E-state index contributed by atoms with van der Waals surface area (Å²) in [5, 5.41) is 3.43. The van der Waals surface area contributed by atoms with Crippen LogP contribution in [0.5, 0.6) is 0 Å². The standard InChI is InChI=1S/C17H28N2O2/c1-12(2)18-10-17-13(3)9-14(21-17)11-19-7-8-20-16-6-4-5-15(16)19/h9,12,15-16,18H,4-8,10-11H2,1-3H3. The average Bonchev–Trinajstić information content (AvgIpc) is 3.04. The Hall–Kier alpha value is -0.840. The summed E-state index contributed by atoms with van der Waals surface area (Å²) >= 11 is 0. The third-order valence-electron chi connectivity index (χ3n) is 4.70. The van der Waals surface area contributed by atoms with E-state index in [-0.39, 0.29) is 0 Å². The highest BCUT2D eigenvalue weighted by atomic mass is 16.5. The number of aryl methyl sites for hydroxylation is 1. The second-order valence-electron chi connectivity index (χ2n) is 6.73. The van der Waals surface area contributed by atoms with Gasteiger partial charge in [-0.05, 0) is 37.8 Å². The Morgan fingerprint density at radius 3 is 3.05 bits per heavy atom. The second kappa shape index (κ2) is 6.51. The van der Waals surface area contributed by atoms with Gasteiger partial charge in [0.15, 0.2) is 0 Å². The van der Waals surface area contributed by atoms with Crippen molar-refractivity contribution in [3.05, 3.63) is 23.2 Å². The van der Waals surface area contributed by atoms with Gasteiger partial charge in [-0.2, -0.15) is 0 Å². The molecule has 0 amide bonds. The van der Waals surface area contributed by atoms with Crippen LogP contribution in [0.2, 0.25) is 0 Å². The van der Waals surface area contributed by atoms with Crippen LogP contribution in [0.1, 0.15) is 50.2 Å². The SMILES string of the molecule is Cc1cc(CN2CCOC3CCCC32)oc1CNC(C)C. The third kappa shape index (κ3) is 3.50. The van der Waals surface area contributed by atoms with Crippen molar-refractivity contribution < 1.29 is 9.15 Å². The number of fused-ring (bicyclic) bond motifs is 1. The van der Waals surface area contributed by atoms with Gasteiger partial charge < -0.3 is 14.5 Å². The topological polar surface area (TPSA) is 37.6 Å². The Labute approximate surface area is 127 Å². The molecule has 0 bridgehead atoms. The molecule has 1 saturated heterocycles. The van der Waals surface area contributed by atoms with Crippen LogP contribution in [-0.2, 0) is 17.8 Å². The van der Waals surface area contributed by atoms with E-state index >= 15 is 0 Å². The van der Waals surface area contributed by atoms with Gasteiger partial charge in [0.1, 0.15) is 11.5 Å². The van der Waals surface area contributed by atoms with E-state index < -0.39 is 0 Å². The minimum atomic E-state index is 0.455. The molecule has 1 aromatic heterocycles. The molecule has 3 rings (SSSR count). The molecule has 1 N–H and O–H groups in total. The summed E-state index contributed by atoms with van der Waals surface area (Å²) in [4.78, 5) is 2.55. The largest absolute Gasteiger partial charge is 0.463 e. The molecule has 0 spiro atoms. The Bertz CT molecular complexity index is 469. The van der Waals surface area contributed by atoms with Crippen LogP contribution in [0.4, 0.5) is 0 Å². The molecular formula is C17H28N2O2. The maximum atomic E-state index is 6.07. The molecule has 4 heteroatoms. The summed E-state index contributed by atoms with van der Waals surface area (Å²) in [5.41, 5.74) is 1.26. The van der Waals surface area contributed by atoms with E-state index in [1.807, 2.05) is 0 Å². The number of morpholine rings is 1. The maximum Gasteiger partial charge on any atom is 0.120 e. The van der Waals surface area contributed by atoms with Crippen LogP contribution in [0.25, 0.3) is 0 Å². The zero-order valence-electron chi connectivity index (χ0n) is 13.5. The van der Waals surface area contributed by atoms with Gasteiger partial charge in [0.25, 0.3) is 0 Å². The van der Waals surface area contributed by atoms with Crippen LogP contribution < -0.4 is 5.32 Å². The fraction of sp³-hybridized carbons (Fsp3) is 0.765. The Kier molecular flexibility index (Phi) is 4.67. The van der Waals surface area contributed by atoms with E-state index in [4.69, 9.17) is 9.15 Å². The average molecular weight is 292 g/mol. The highest BCUT2D eigenvalue weighted by molar-refractivity contribution is 5.20. The Balaban J connectivity index is 1.63. The van der Waals surface area contributed by atoms with E-state index in [1.165, 1.54) is 24.8 Å². The Morgan fingerprint density at radius 2 is 2.24 bits per heavy atom. The first-order valence-corrected chi connectivity index (χ1v) is 8.30. The van der Waals surface area contributed by atoms with E-state index in [1.54, 1.807) is 0 Å². The van der Waals surface area contributed by atoms with Gasteiger partial charge in [0.2, 0.25) is 0 Å². The lowest BCUT2D eigenvalue weighted by molar-refractivity contribution is -0.0607. The van der Waals surface area contributed by atoms with Gasteiger partial charge in [-0.3, -0.25) is 4.90 Å². The maximum absolute atomic E-state index is 6.07. The molecule has 1 aliphatic carbocycles. The van der Waals surface area contributed by atoms with E-state index in [9.17, 15) is 0 Å². The van der Waals surface area contributed by atoms with Gasteiger partial charge >= 0.3 is 0 Å². The van der Waals surface area contributed by atoms with Crippen LogP contribution >= 0.6 is 0 Å². The summed E-state index contributed by atoms with van der Waals surface area (Å²) in [7, 11) is 0. The third-order valence-corrected chi connectivity index (χ3v) is 4.70. The number of hydrogen-bond acceptors (Lipinski definition) is 4. The van der Waals surface area contributed by atoms with Crippen LogP contribution in [0.3, 0.4) is 0 Å². The minimum absolute atomic E-state index is 0.455. The molecule has 1 aromatic rings. The van der Waals surface area contributed by atoms with Crippen molar-refractivity contribution in [2.75, 3.05) is 13.2 Å². The smallest absolute Gasteiger partial charge is 0.120 e. The van der Waals surface area contributed by atoms with Crippen molar-refractivity contribution in [2.45, 2.75) is 71.3 Å². The molecule has 118 valence electrons. The highest BCUT2D eigenvalue weighted by Gasteiger charge is 2.36. The molecule has 2 unspecified atom stereocenters. The van der Waals surface area contributed by atoms with Crippen molar-refractivity contribution in [1.29, 1.82) is 0 Å². The number of rotatable bonds is 5. The molecule has 2 atom stereocenters. The molecule has 2 aliphatic rings. The first-order valence-electron chi connectivity index (χ1n) is 8.30. The molecule has 21 heavy (non-hydrogen) atoms. The zero-order valence-corrected chi connectivity index (χ0v) is 13.5. The van der Waals surface area contributed by atoms with Gasteiger partial charge in [-0.25, -0.2) is 0 Å².